The number of rotatable bonds is 7. The van der Waals surface area contributed by atoms with Gasteiger partial charge in [-0.15, -0.1) is 0 Å². The first-order valence-electron chi connectivity index (χ1n) is 8.85. The number of ether oxygens (including phenoxy) is 1. The van der Waals surface area contributed by atoms with Crippen LogP contribution in [0.25, 0.3) is 0 Å². The Labute approximate surface area is 179 Å². The Kier molecular flexibility index (Phi) is 6.54. The molecule has 0 aliphatic carbocycles. The average molecular weight is 444 g/mol. The molecule has 0 unspecified atom stereocenters. The largest absolute Gasteiger partial charge is 0.484 e. The van der Waals surface area contributed by atoms with Gasteiger partial charge in [-0.1, -0.05) is 11.6 Å². The number of halogens is 1. The topological polar surface area (TPSA) is 89.5 Å². The fraction of sp³-hybridized carbons (Fsp3) is 0.0909. The molecule has 0 bridgehead atoms. The zero-order valence-electron chi connectivity index (χ0n) is 16.0. The van der Waals surface area contributed by atoms with Crippen LogP contribution in [0, 0.1) is 0 Å². The molecule has 0 aliphatic rings. The van der Waals surface area contributed by atoms with Crippen LogP contribution < -0.4 is 10.1 Å². The Morgan fingerprint density at radius 1 is 0.867 bits per heavy atom. The maximum absolute atomic E-state index is 12.4. The molecule has 0 saturated heterocycles. The molecular weight excluding hydrogens is 426 g/mol. The number of amides is 1. The Bertz CT molecular complexity index is 1160. The Morgan fingerprint density at radius 3 is 1.93 bits per heavy atom. The first-order chi connectivity index (χ1) is 14.2. The highest BCUT2D eigenvalue weighted by Crippen LogP contribution is 2.18. The minimum absolute atomic E-state index is 0.145. The van der Waals surface area contributed by atoms with E-state index in [1.807, 2.05) is 0 Å². The third kappa shape index (κ3) is 5.68. The molecule has 3 rings (SSSR count). The van der Waals surface area contributed by atoms with E-state index >= 15 is 0 Å². The number of ketones is 1. The number of anilines is 1. The summed E-state index contributed by atoms with van der Waals surface area (Å²) in [5, 5.41) is 3.18. The summed E-state index contributed by atoms with van der Waals surface area (Å²) in [4.78, 5) is 24.6. The summed E-state index contributed by atoms with van der Waals surface area (Å²) < 4.78 is 28.3. The third-order valence-corrected chi connectivity index (χ3v) is 5.54. The van der Waals surface area contributed by atoms with Crippen molar-refractivity contribution in [1.29, 1.82) is 0 Å². The number of hydrogen-bond acceptors (Lipinski definition) is 5. The molecule has 1 N–H and O–H groups in total. The molecule has 1 amide bonds. The van der Waals surface area contributed by atoms with Crippen molar-refractivity contribution in [1.82, 2.24) is 0 Å². The van der Waals surface area contributed by atoms with Crippen LogP contribution in [0.15, 0.2) is 77.7 Å². The van der Waals surface area contributed by atoms with Gasteiger partial charge in [0, 0.05) is 28.1 Å². The Hall–Kier alpha value is -3.16. The maximum atomic E-state index is 12.4. The van der Waals surface area contributed by atoms with Crippen LogP contribution in [0.3, 0.4) is 0 Å². The molecule has 3 aromatic rings. The van der Waals surface area contributed by atoms with Gasteiger partial charge in [0.25, 0.3) is 5.91 Å². The lowest BCUT2D eigenvalue weighted by molar-refractivity contribution is -0.118. The molecule has 0 fully saturated rings. The van der Waals surface area contributed by atoms with Crippen molar-refractivity contribution in [3.63, 3.8) is 0 Å². The molecule has 6 nitrogen and oxygen atoms in total. The number of nitrogens with one attached hydrogen (secondary N) is 1. The van der Waals surface area contributed by atoms with E-state index in [0.29, 0.717) is 27.6 Å². The quantitative estimate of drug-likeness (QED) is 0.557. The van der Waals surface area contributed by atoms with Crippen LogP contribution in [0.2, 0.25) is 5.02 Å². The van der Waals surface area contributed by atoms with Gasteiger partial charge in [-0.25, -0.2) is 8.42 Å². The van der Waals surface area contributed by atoms with Gasteiger partial charge >= 0.3 is 0 Å². The van der Waals surface area contributed by atoms with E-state index in [1.54, 1.807) is 48.5 Å². The Morgan fingerprint density at radius 2 is 1.40 bits per heavy atom. The van der Waals surface area contributed by atoms with Gasteiger partial charge in [0.1, 0.15) is 5.75 Å². The number of carbonyl (C=O) groups is 2. The number of benzene rings is 3. The molecule has 0 aromatic heterocycles. The summed E-state index contributed by atoms with van der Waals surface area (Å²) in [5.74, 6) is -0.109. The molecule has 0 radical (unpaired) electrons. The highest BCUT2D eigenvalue weighted by atomic mass is 35.5. The fourth-order valence-corrected chi connectivity index (χ4v) is 3.36. The molecule has 0 saturated carbocycles. The average Bonchev–Trinajstić information content (AvgIpc) is 2.72. The standard InChI is InChI=1S/C22H18ClNO5S/c1-30(27,28)20-12-8-18(9-13-20)24-21(25)14-29-19-10-4-16(5-11-19)22(26)15-2-6-17(23)7-3-15/h2-13H,14H2,1H3,(H,24,25). The van der Waals surface area contributed by atoms with Crippen molar-refractivity contribution in [3.8, 4) is 5.75 Å². The van der Waals surface area contributed by atoms with E-state index in [2.05, 4.69) is 5.32 Å². The summed E-state index contributed by atoms with van der Waals surface area (Å²) in [7, 11) is -3.29. The summed E-state index contributed by atoms with van der Waals surface area (Å²) in [5.41, 5.74) is 1.47. The minimum atomic E-state index is -3.29. The smallest absolute Gasteiger partial charge is 0.262 e. The van der Waals surface area contributed by atoms with Gasteiger partial charge < -0.3 is 10.1 Å². The molecule has 3 aromatic carbocycles. The van der Waals surface area contributed by atoms with E-state index in [-0.39, 0.29) is 17.3 Å². The number of hydrogen-bond donors (Lipinski definition) is 1. The van der Waals surface area contributed by atoms with Crippen LogP contribution in [0.5, 0.6) is 5.75 Å². The maximum Gasteiger partial charge on any atom is 0.262 e. The lowest BCUT2D eigenvalue weighted by Crippen LogP contribution is -2.20. The first-order valence-corrected chi connectivity index (χ1v) is 11.1. The molecule has 0 atom stereocenters. The highest BCUT2D eigenvalue weighted by Gasteiger charge is 2.10. The van der Waals surface area contributed by atoms with Crippen LogP contribution in [-0.2, 0) is 14.6 Å². The zero-order chi connectivity index (χ0) is 21.7. The van der Waals surface area contributed by atoms with Crippen molar-refractivity contribution in [3.05, 3.63) is 88.9 Å². The van der Waals surface area contributed by atoms with Gasteiger partial charge in [-0.05, 0) is 72.8 Å². The summed E-state index contributed by atoms with van der Waals surface area (Å²) in [6, 6.07) is 18.9. The van der Waals surface area contributed by atoms with Crippen molar-refractivity contribution in [2.24, 2.45) is 0 Å². The second-order valence-corrected chi connectivity index (χ2v) is 8.95. The molecule has 30 heavy (non-hydrogen) atoms. The summed E-state index contributed by atoms with van der Waals surface area (Å²) in [6.07, 6.45) is 1.11. The first kappa shape index (κ1) is 21.5. The third-order valence-electron chi connectivity index (χ3n) is 4.16. The fourth-order valence-electron chi connectivity index (χ4n) is 2.60. The van der Waals surface area contributed by atoms with Crippen LogP contribution >= 0.6 is 11.6 Å². The number of carbonyl (C=O) groups excluding carboxylic acids is 2. The van der Waals surface area contributed by atoms with Crippen LogP contribution in [0.1, 0.15) is 15.9 Å². The van der Waals surface area contributed by atoms with Crippen molar-refractivity contribution in [2.45, 2.75) is 4.90 Å². The highest BCUT2D eigenvalue weighted by molar-refractivity contribution is 7.90. The molecule has 0 heterocycles. The van der Waals surface area contributed by atoms with Gasteiger partial charge in [0.15, 0.2) is 22.2 Å². The summed E-state index contributed by atoms with van der Waals surface area (Å²) >= 11 is 5.83. The lowest BCUT2D eigenvalue weighted by Gasteiger charge is -2.09. The Balaban J connectivity index is 1.55. The van der Waals surface area contributed by atoms with Gasteiger partial charge in [-0.2, -0.15) is 0 Å². The molecule has 8 heteroatoms. The molecular formula is C22H18ClNO5S. The van der Waals surface area contributed by atoms with Crippen molar-refractivity contribution < 1.29 is 22.7 Å². The van der Waals surface area contributed by atoms with Crippen LogP contribution in [0.4, 0.5) is 5.69 Å². The van der Waals surface area contributed by atoms with E-state index in [9.17, 15) is 18.0 Å². The van der Waals surface area contributed by atoms with Crippen molar-refractivity contribution >= 4 is 38.8 Å². The predicted molar refractivity (Wildman–Crippen MR) is 115 cm³/mol. The minimum Gasteiger partial charge on any atom is -0.484 e. The van der Waals surface area contributed by atoms with Crippen molar-refractivity contribution in [2.75, 3.05) is 18.2 Å². The second-order valence-electron chi connectivity index (χ2n) is 6.49. The van der Waals surface area contributed by atoms with Gasteiger partial charge in [-0.3, -0.25) is 9.59 Å². The van der Waals surface area contributed by atoms with Crippen LogP contribution in [-0.4, -0.2) is 33.0 Å². The van der Waals surface area contributed by atoms with Gasteiger partial charge in [0.05, 0.1) is 4.90 Å². The molecule has 154 valence electrons. The summed E-state index contributed by atoms with van der Waals surface area (Å²) in [6.45, 7) is -0.238. The second kappa shape index (κ2) is 9.11. The van der Waals surface area contributed by atoms with E-state index in [0.717, 1.165) is 6.26 Å². The van der Waals surface area contributed by atoms with E-state index in [1.165, 1.54) is 24.3 Å². The predicted octanol–water partition coefficient (Wildman–Crippen LogP) is 3.99. The zero-order valence-corrected chi connectivity index (χ0v) is 17.5. The molecule has 0 aliphatic heterocycles. The van der Waals surface area contributed by atoms with E-state index in [4.69, 9.17) is 16.3 Å². The van der Waals surface area contributed by atoms with Gasteiger partial charge in [0.2, 0.25) is 0 Å². The van der Waals surface area contributed by atoms with E-state index < -0.39 is 15.7 Å². The number of sulfone groups is 1. The monoisotopic (exact) mass is 443 g/mol. The lowest BCUT2D eigenvalue weighted by atomic mass is 10.0. The molecule has 0 spiro atoms. The SMILES string of the molecule is CS(=O)(=O)c1ccc(NC(=O)COc2ccc(C(=O)c3ccc(Cl)cc3)cc2)cc1. The normalized spacial score (nSPS) is 11.0.